The fourth-order valence-electron chi connectivity index (χ4n) is 1.74. The first-order chi connectivity index (χ1) is 9.83. The highest BCUT2D eigenvalue weighted by atomic mass is 35.5. The maximum absolute atomic E-state index is 11.9. The van der Waals surface area contributed by atoms with E-state index in [-0.39, 0.29) is 28.9 Å². The predicted molar refractivity (Wildman–Crippen MR) is 85.4 cm³/mol. The first-order valence-electron chi connectivity index (χ1n) is 6.38. The lowest BCUT2D eigenvalue weighted by molar-refractivity contribution is -0.120. The van der Waals surface area contributed by atoms with Crippen molar-refractivity contribution in [1.82, 2.24) is 4.90 Å². The second-order valence-electron chi connectivity index (χ2n) is 4.49. The van der Waals surface area contributed by atoms with Crippen LogP contribution in [0.4, 0.5) is 11.4 Å². The molecule has 0 aromatic heterocycles. The van der Waals surface area contributed by atoms with Crippen molar-refractivity contribution in [3.63, 3.8) is 0 Å². The molecule has 6 nitrogen and oxygen atoms in total. The molecule has 8 heteroatoms. The number of amides is 2. The zero-order valence-corrected chi connectivity index (χ0v) is 13.2. The third-order valence-corrected chi connectivity index (χ3v) is 3.41. The number of carbonyl (C=O) groups excluding carboxylic acids is 2. The van der Waals surface area contributed by atoms with Gasteiger partial charge in [0.2, 0.25) is 11.8 Å². The highest BCUT2D eigenvalue weighted by Gasteiger charge is 2.13. The molecule has 5 N–H and O–H groups in total. The quantitative estimate of drug-likeness (QED) is 0.661. The third-order valence-electron chi connectivity index (χ3n) is 2.81. The number of halogens is 2. The van der Waals surface area contributed by atoms with E-state index in [2.05, 4.69) is 5.32 Å². The van der Waals surface area contributed by atoms with E-state index in [0.717, 1.165) is 0 Å². The fraction of sp³-hybridized carbons (Fsp3) is 0.385. The SMILES string of the molecule is CCN(CCC(=O)Nc1c(Cl)cc(N)cc1Cl)CC(N)=O. The van der Waals surface area contributed by atoms with Crippen LogP contribution in [0.5, 0.6) is 0 Å². The van der Waals surface area contributed by atoms with Gasteiger partial charge < -0.3 is 16.8 Å². The van der Waals surface area contributed by atoms with Crippen LogP contribution in [-0.2, 0) is 9.59 Å². The number of carbonyl (C=O) groups is 2. The van der Waals surface area contributed by atoms with E-state index >= 15 is 0 Å². The number of nitrogen functional groups attached to an aromatic ring is 1. The molecule has 116 valence electrons. The number of hydrogen-bond acceptors (Lipinski definition) is 4. The summed E-state index contributed by atoms with van der Waals surface area (Å²) in [6.45, 7) is 3.04. The monoisotopic (exact) mass is 332 g/mol. The molecule has 2 amide bonds. The fourth-order valence-corrected chi connectivity index (χ4v) is 2.34. The molecular weight excluding hydrogens is 315 g/mol. The minimum absolute atomic E-state index is 0.118. The largest absolute Gasteiger partial charge is 0.399 e. The molecular formula is C13H18Cl2N4O2. The summed E-state index contributed by atoms with van der Waals surface area (Å²) in [5.41, 5.74) is 11.5. The standard InChI is InChI=1S/C13H18Cl2N4O2/c1-2-19(7-11(17)20)4-3-12(21)18-13-9(14)5-8(16)6-10(13)15/h5-6H,2-4,7,16H2,1H3,(H2,17,20)(H,18,21). The normalized spacial score (nSPS) is 10.7. The van der Waals surface area contributed by atoms with E-state index in [4.69, 9.17) is 34.7 Å². The predicted octanol–water partition coefficient (Wildman–Crippen LogP) is 1.71. The summed E-state index contributed by atoms with van der Waals surface area (Å²) in [5.74, 6) is -0.687. The molecule has 0 aliphatic rings. The summed E-state index contributed by atoms with van der Waals surface area (Å²) in [7, 11) is 0. The van der Waals surface area contributed by atoms with Gasteiger partial charge in [0, 0.05) is 18.7 Å². The molecule has 1 aromatic carbocycles. The molecule has 0 atom stereocenters. The minimum Gasteiger partial charge on any atom is -0.399 e. The summed E-state index contributed by atoms with van der Waals surface area (Å²) >= 11 is 12.0. The van der Waals surface area contributed by atoms with Gasteiger partial charge in [-0.25, -0.2) is 0 Å². The summed E-state index contributed by atoms with van der Waals surface area (Å²) in [6, 6.07) is 3.02. The summed E-state index contributed by atoms with van der Waals surface area (Å²) in [4.78, 5) is 24.5. The van der Waals surface area contributed by atoms with Crippen LogP contribution in [0.1, 0.15) is 13.3 Å². The van der Waals surface area contributed by atoms with Crippen molar-refractivity contribution in [3.8, 4) is 0 Å². The van der Waals surface area contributed by atoms with Crippen LogP contribution in [0.3, 0.4) is 0 Å². The van der Waals surface area contributed by atoms with Crippen LogP contribution in [0.25, 0.3) is 0 Å². The Morgan fingerprint density at radius 1 is 1.29 bits per heavy atom. The van der Waals surface area contributed by atoms with Crippen molar-refractivity contribution in [2.75, 3.05) is 30.7 Å². The number of anilines is 2. The van der Waals surface area contributed by atoms with Gasteiger partial charge in [0.1, 0.15) is 0 Å². The molecule has 0 unspecified atom stereocenters. The van der Waals surface area contributed by atoms with Gasteiger partial charge in [0.05, 0.1) is 22.3 Å². The van der Waals surface area contributed by atoms with Crippen LogP contribution >= 0.6 is 23.2 Å². The second kappa shape index (κ2) is 8.07. The summed E-state index contributed by atoms with van der Waals surface area (Å²) in [5, 5.41) is 3.19. The first-order valence-corrected chi connectivity index (χ1v) is 7.14. The van der Waals surface area contributed by atoms with Crippen LogP contribution in [0.15, 0.2) is 12.1 Å². The van der Waals surface area contributed by atoms with E-state index in [0.29, 0.717) is 24.5 Å². The van der Waals surface area contributed by atoms with Gasteiger partial charge in [-0.1, -0.05) is 30.1 Å². The molecule has 0 fully saturated rings. The van der Waals surface area contributed by atoms with Crippen molar-refractivity contribution in [2.45, 2.75) is 13.3 Å². The average molecular weight is 333 g/mol. The van der Waals surface area contributed by atoms with Gasteiger partial charge in [0.25, 0.3) is 0 Å². The van der Waals surface area contributed by atoms with Crippen molar-refractivity contribution in [3.05, 3.63) is 22.2 Å². The average Bonchev–Trinajstić information content (AvgIpc) is 2.38. The number of nitrogens with zero attached hydrogens (tertiary/aromatic N) is 1. The highest BCUT2D eigenvalue weighted by molar-refractivity contribution is 6.40. The Hall–Kier alpha value is -1.50. The smallest absolute Gasteiger partial charge is 0.231 e. The Kier molecular flexibility index (Phi) is 6.74. The lowest BCUT2D eigenvalue weighted by Gasteiger charge is -2.18. The highest BCUT2D eigenvalue weighted by Crippen LogP contribution is 2.32. The van der Waals surface area contributed by atoms with Crippen LogP contribution in [0, 0.1) is 0 Å². The lowest BCUT2D eigenvalue weighted by Crippen LogP contribution is -2.35. The zero-order chi connectivity index (χ0) is 16.0. The molecule has 1 aromatic rings. The number of hydrogen-bond donors (Lipinski definition) is 3. The van der Waals surface area contributed by atoms with Gasteiger partial charge in [0.15, 0.2) is 0 Å². The number of primary amides is 1. The van der Waals surface area contributed by atoms with E-state index < -0.39 is 5.91 Å². The van der Waals surface area contributed by atoms with Gasteiger partial charge >= 0.3 is 0 Å². The minimum atomic E-state index is -0.429. The van der Waals surface area contributed by atoms with Gasteiger partial charge in [-0.3, -0.25) is 14.5 Å². The number of benzene rings is 1. The van der Waals surface area contributed by atoms with Gasteiger partial charge in [-0.05, 0) is 18.7 Å². The first kappa shape index (κ1) is 17.6. The number of nitrogens with one attached hydrogen (secondary N) is 1. The molecule has 0 spiro atoms. The maximum atomic E-state index is 11.9. The maximum Gasteiger partial charge on any atom is 0.231 e. The van der Waals surface area contributed by atoms with Crippen LogP contribution in [0.2, 0.25) is 10.0 Å². The van der Waals surface area contributed by atoms with Gasteiger partial charge in [-0.2, -0.15) is 0 Å². The Labute approximate surface area is 133 Å². The van der Waals surface area contributed by atoms with Crippen molar-refractivity contribution in [1.29, 1.82) is 0 Å². The molecule has 0 saturated carbocycles. The lowest BCUT2D eigenvalue weighted by atomic mass is 10.2. The molecule has 0 radical (unpaired) electrons. The number of likely N-dealkylation sites (N-methyl/N-ethyl adjacent to an activating group) is 1. The topological polar surface area (TPSA) is 101 Å². The van der Waals surface area contributed by atoms with E-state index in [9.17, 15) is 9.59 Å². The molecule has 0 aliphatic heterocycles. The zero-order valence-electron chi connectivity index (χ0n) is 11.7. The summed E-state index contributed by atoms with van der Waals surface area (Å²) < 4.78 is 0. The Bertz CT molecular complexity index is 514. The number of rotatable bonds is 7. The van der Waals surface area contributed by atoms with E-state index in [1.807, 2.05) is 6.92 Å². The molecule has 21 heavy (non-hydrogen) atoms. The van der Waals surface area contributed by atoms with Crippen molar-refractivity contribution < 1.29 is 9.59 Å². The Balaban J connectivity index is 2.60. The van der Waals surface area contributed by atoms with Crippen molar-refractivity contribution in [2.24, 2.45) is 5.73 Å². The molecule has 0 saturated heterocycles. The van der Waals surface area contributed by atoms with E-state index in [1.54, 1.807) is 4.90 Å². The van der Waals surface area contributed by atoms with Crippen molar-refractivity contribution >= 4 is 46.4 Å². The van der Waals surface area contributed by atoms with Crippen LogP contribution in [-0.4, -0.2) is 36.3 Å². The second-order valence-corrected chi connectivity index (χ2v) is 5.31. The molecule has 0 aliphatic carbocycles. The Morgan fingerprint density at radius 2 is 1.86 bits per heavy atom. The number of nitrogens with two attached hydrogens (primary N) is 2. The molecule has 0 bridgehead atoms. The van der Waals surface area contributed by atoms with Gasteiger partial charge in [-0.15, -0.1) is 0 Å². The summed E-state index contributed by atoms with van der Waals surface area (Å²) in [6.07, 6.45) is 0.193. The third kappa shape index (κ3) is 5.79. The molecule has 1 rings (SSSR count). The molecule has 0 heterocycles. The van der Waals surface area contributed by atoms with Crippen LogP contribution < -0.4 is 16.8 Å². The Morgan fingerprint density at radius 3 is 2.33 bits per heavy atom. The van der Waals surface area contributed by atoms with E-state index in [1.165, 1.54) is 12.1 Å².